The lowest BCUT2D eigenvalue weighted by Crippen LogP contribution is -2.48. The fourth-order valence-corrected chi connectivity index (χ4v) is 5.19. The molecule has 3 amide bonds. The molecule has 0 spiro atoms. The summed E-state index contributed by atoms with van der Waals surface area (Å²) in [5.41, 5.74) is 2.15. The molecule has 3 aromatic rings. The molecule has 0 aromatic heterocycles. The van der Waals surface area contributed by atoms with Crippen molar-refractivity contribution in [3.63, 3.8) is 0 Å². The van der Waals surface area contributed by atoms with E-state index >= 15 is 0 Å². The lowest BCUT2D eigenvalue weighted by molar-refractivity contribution is -0.141. The minimum absolute atomic E-state index is 0.0549. The van der Waals surface area contributed by atoms with Crippen LogP contribution < -0.4 is 10.2 Å². The van der Waals surface area contributed by atoms with Crippen LogP contribution in [-0.4, -0.2) is 42.3 Å². The van der Waals surface area contributed by atoms with Gasteiger partial charge >= 0.3 is 0 Å². The zero-order valence-corrected chi connectivity index (χ0v) is 21.2. The van der Waals surface area contributed by atoms with Crippen molar-refractivity contribution in [3.05, 3.63) is 75.8 Å². The van der Waals surface area contributed by atoms with Gasteiger partial charge in [0.15, 0.2) is 0 Å². The number of benzene rings is 3. The standard InChI is InChI=1S/C27H27Cl2N3O3/c1-3-22(26(34)30-2)32(16-19-20(28)11-6-12-21(19)29)24(33)14-7-15-31-23-13-5-9-17-8-4-10-18(25(17)23)27(31)35/h4-6,8-13,22H,3,7,14-16H2,1-2H3,(H,30,34)/t22-/m0/s1. The largest absolute Gasteiger partial charge is 0.357 e. The number of likely N-dealkylation sites (N-methyl/N-ethyl adjacent to an activating group) is 1. The molecule has 1 aliphatic rings. The maximum atomic E-state index is 13.4. The van der Waals surface area contributed by atoms with Crippen molar-refractivity contribution in [1.82, 2.24) is 10.2 Å². The van der Waals surface area contributed by atoms with Crippen molar-refractivity contribution in [2.24, 2.45) is 0 Å². The normalized spacial score (nSPS) is 13.3. The second kappa shape index (κ2) is 10.7. The second-order valence-electron chi connectivity index (χ2n) is 8.50. The molecule has 1 aliphatic heterocycles. The first-order valence-electron chi connectivity index (χ1n) is 11.6. The first-order chi connectivity index (χ1) is 16.9. The van der Waals surface area contributed by atoms with Crippen LogP contribution in [0.4, 0.5) is 5.69 Å². The van der Waals surface area contributed by atoms with E-state index < -0.39 is 6.04 Å². The Balaban J connectivity index is 1.51. The van der Waals surface area contributed by atoms with E-state index in [9.17, 15) is 14.4 Å². The Morgan fingerprint density at radius 1 is 1.03 bits per heavy atom. The zero-order chi connectivity index (χ0) is 25.1. The first-order valence-corrected chi connectivity index (χ1v) is 12.4. The van der Waals surface area contributed by atoms with Gasteiger partial charge in [-0.3, -0.25) is 14.4 Å². The highest BCUT2D eigenvalue weighted by atomic mass is 35.5. The summed E-state index contributed by atoms with van der Waals surface area (Å²) < 4.78 is 0. The minimum Gasteiger partial charge on any atom is -0.357 e. The van der Waals surface area contributed by atoms with Crippen LogP contribution in [0.2, 0.25) is 10.0 Å². The molecular weight excluding hydrogens is 485 g/mol. The molecule has 6 nitrogen and oxygen atoms in total. The van der Waals surface area contributed by atoms with E-state index in [1.165, 1.54) is 4.90 Å². The first kappa shape index (κ1) is 25.0. The number of nitrogens with zero attached hydrogens (tertiary/aromatic N) is 2. The van der Waals surface area contributed by atoms with E-state index in [0.717, 1.165) is 16.5 Å². The minimum atomic E-state index is -0.661. The number of anilines is 1. The van der Waals surface area contributed by atoms with E-state index in [2.05, 4.69) is 5.32 Å². The molecule has 4 rings (SSSR count). The zero-order valence-electron chi connectivity index (χ0n) is 19.7. The number of carbonyl (C=O) groups excluding carboxylic acids is 3. The average Bonchev–Trinajstić information content (AvgIpc) is 3.13. The Morgan fingerprint density at radius 3 is 2.34 bits per heavy atom. The van der Waals surface area contributed by atoms with Gasteiger partial charge in [0.05, 0.1) is 5.69 Å². The van der Waals surface area contributed by atoms with Gasteiger partial charge in [-0.15, -0.1) is 0 Å². The highest BCUT2D eigenvalue weighted by Crippen LogP contribution is 2.37. The second-order valence-corrected chi connectivity index (χ2v) is 9.32. The van der Waals surface area contributed by atoms with Crippen molar-refractivity contribution in [3.8, 4) is 0 Å². The molecular formula is C27H27Cl2N3O3. The van der Waals surface area contributed by atoms with E-state index in [-0.39, 0.29) is 30.7 Å². The number of halogens is 2. The molecule has 0 radical (unpaired) electrons. The van der Waals surface area contributed by atoms with Crippen LogP contribution in [0.3, 0.4) is 0 Å². The van der Waals surface area contributed by atoms with Crippen molar-refractivity contribution in [1.29, 1.82) is 0 Å². The molecule has 0 saturated carbocycles. The quantitative estimate of drug-likeness (QED) is 0.415. The molecule has 0 aliphatic carbocycles. The molecule has 182 valence electrons. The Kier molecular flexibility index (Phi) is 7.63. The number of carbonyl (C=O) groups is 3. The third-order valence-electron chi connectivity index (χ3n) is 6.44. The number of amides is 3. The van der Waals surface area contributed by atoms with E-state index in [1.807, 2.05) is 43.3 Å². The molecule has 1 atom stereocenters. The van der Waals surface area contributed by atoms with Crippen LogP contribution >= 0.6 is 23.2 Å². The Labute approximate surface area is 214 Å². The third kappa shape index (κ3) is 4.86. The lowest BCUT2D eigenvalue weighted by atomic mass is 10.1. The Bertz CT molecular complexity index is 1270. The molecule has 1 heterocycles. The summed E-state index contributed by atoms with van der Waals surface area (Å²) in [6.45, 7) is 2.38. The third-order valence-corrected chi connectivity index (χ3v) is 7.15. The van der Waals surface area contributed by atoms with E-state index in [4.69, 9.17) is 23.2 Å². The van der Waals surface area contributed by atoms with Gasteiger partial charge in [-0.05, 0) is 42.5 Å². The van der Waals surface area contributed by atoms with Crippen LogP contribution in [0.1, 0.15) is 42.1 Å². The Morgan fingerprint density at radius 2 is 1.69 bits per heavy atom. The predicted octanol–water partition coefficient (Wildman–Crippen LogP) is 5.44. The van der Waals surface area contributed by atoms with Gasteiger partial charge in [0.2, 0.25) is 11.8 Å². The van der Waals surface area contributed by atoms with Gasteiger partial charge < -0.3 is 15.1 Å². The van der Waals surface area contributed by atoms with Crippen molar-refractivity contribution in [2.45, 2.75) is 38.8 Å². The molecule has 0 saturated heterocycles. The fourth-order valence-electron chi connectivity index (χ4n) is 4.67. The van der Waals surface area contributed by atoms with Gasteiger partial charge in [-0.1, -0.05) is 60.5 Å². The highest BCUT2D eigenvalue weighted by Gasteiger charge is 2.31. The monoisotopic (exact) mass is 511 g/mol. The van der Waals surface area contributed by atoms with Gasteiger partial charge in [-0.25, -0.2) is 0 Å². The predicted molar refractivity (Wildman–Crippen MR) is 140 cm³/mol. The molecule has 8 heteroatoms. The number of hydrogen-bond acceptors (Lipinski definition) is 3. The van der Waals surface area contributed by atoms with Crippen molar-refractivity contribution >= 4 is 57.4 Å². The number of nitrogens with one attached hydrogen (secondary N) is 1. The summed E-state index contributed by atoms with van der Waals surface area (Å²) in [6, 6.07) is 16.1. The van der Waals surface area contributed by atoms with Crippen LogP contribution in [0.25, 0.3) is 10.8 Å². The maximum absolute atomic E-state index is 13.4. The summed E-state index contributed by atoms with van der Waals surface area (Å²) in [5, 5.41) is 5.49. The molecule has 3 aromatic carbocycles. The van der Waals surface area contributed by atoms with Crippen molar-refractivity contribution < 1.29 is 14.4 Å². The van der Waals surface area contributed by atoms with E-state index in [0.29, 0.717) is 40.6 Å². The summed E-state index contributed by atoms with van der Waals surface area (Å²) >= 11 is 12.7. The lowest BCUT2D eigenvalue weighted by Gasteiger charge is -2.31. The van der Waals surface area contributed by atoms with Crippen LogP contribution in [0.5, 0.6) is 0 Å². The Hall–Kier alpha value is -3.09. The van der Waals surface area contributed by atoms with Crippen LogP contribution in [-0.2, 0) is 16.1 Å². The van der Waals surface area contributed by atoms with Crippen LogP contribution in [0, 0.1) is 0 Å². The molecule has 0 unspecified atom stereocenters. The fraction of sp³-hybridized carbons (Fsp3) is 0.296. The van der Waals surface area contributed by atoms with Gasteiger partial charge in [-0.2, -0.15) is 0 Å². The highest BCUT2D eigenvalue weighted by molar-refractivity contribution is 6.36. The SMILES string of the molecule is CC[C@@H](C(=O)NC)N(Cc1c(Cl)cccc1Cl)C(=O)CCCN1C(=O)c2cccc3cccc1c23. The van der Waals surface area contributed by atoms with Gasteiger partial charge in [0.1, 0.15) is 6.04 Å². The summed E-state index contributed by atoms with van der Waals surface area (Å²) in [7, 11) is 1.55. The van der Waals surface area contributed by atoms with Gasteiger partial charge in [0, 0.05) is 53.1 Å². The average molecular weight is 512 g/mol. The van der Waals surface area contributed by atoms with Crippen molar-refractivity contribution in [2.75, 3.05) is 18.5 Å². The number of rotatable bonds is 9. The smallest absolute Gasteiger partial charge is 0.258 e. The van der Waals surface area contributed by atoms with Gasteiger partial charge in [0.25, 0.3) is 5.91 Å². The molecule has 0 fully saturated rings. The molecule has 0 bridgehead atoms. The van der Waals surface area contributed by atoms with E-state index in [1.54, 1.807) is 30.1 Å². The van der Waals surface area contributed by atoms with Crippen LogP contribution in [0.15, 0.2) is 54.6 Å². The summed E-state index contributed by atoms with van der Waals surface area (Å²) in [4.78, 5) is 42.3. The maximum Gasteiger partial charge on any atom is 0.258 e. The summed E-state index contributed by atoms with van der Waals surface area (Å²) in [6.07, 6.45) is 1.06. The number of hydrogen-bond donors (Lipinski definition) is 1. The molecule has 35 heavy (non-hydrogen) atoms. The summed E-state index contributed by atoms with van der Waals surface area (Å²) in [5.74, 6) is -0.500. The topological polar surface area (TPSA) is 69.7 Å². The molecule has 1 N–H and O–H groups in total.